The second-order valence-electron chi connectivity index (χ2n) is 12.5. The summed E-state index contributed by atoms with van der Waals surface area (Å²) in [6, 6.07) is 41.9. The molecule has 1 aliphatic carbocycles. The van der Waals surface area contributed by atoms with E-state index in [1.54, 1.807) is 12.1 Å². The third kappa shape index (κ3) is 4.22. The van der Waals surface area contributed by atoms with E-state index >= 15 is 0 Å². The molecular formula is C41H28FN5. The number of fused-ring (bicyclic) bond motifs is 6. The van der Waals surface area contributed by atoms with Crippen LogP contribution in [0.2, 0.25) is 0 Å². The zero-order valence-corrected chi connectivity index (χ0v) is 25.8. The summed E-state index contributed by atoms with van der Waals surface area (Å²) in [5.74, 6) is 1.36. The average molecular weight is 610 g/mol. The van der Waals surface area contributed by atoms with Crippen molar-refractivity contribution >= 4 is 21.9 Å². The van der Waals surface area contributed by atoms with Crippen LogP contribution in [0, 0.1) is 5.82 Å². The van der Waals surface area contributed by atoms with Crippen LogP contribution in [0.15, 0.2) is 134 Å². The molecule has 8 aromatic rings. The number of rotatable bonds is 4. The molecule has 9 rings (SSSR count). The first-order chi connectivity index (χ1) is 23.0. The number of benzene rings is 5. The first-order valence-corrected chi connectivity index (χ1v) is 15.7. The SMILES string of the molecule is CC1(C)c2cc(-n3c4ccccc4c4cccnc43)ccc2-c2cccc(-c3nc(-c4ccccc4)nc(-c4ccc(F)cc4)n3)c21. The molecular weight excluding hydrogens is 581 g/mol. The van der Waals surface area contributed by atoms with Gasteiger partial charge in [0.1, 0.15) is 11.5 Å². The Morgan fingerprint density at radius 2 is 1.26 bits per heavy atom. The number of hydrogen-bond donors (Lipinski definition) is 0. The highest BCUT2D eigenvalue weighted by atomic mass is 19.1. The summed E-state index contributed by atoms with van der Waals surface area (Å²) in [6.45, 7) is 4.55. The van der Waals surface area contributed by atoms with E-state index in [1.165, 1.54) is 39.8 Å². The molecule has 0 saturated heterocycles. The Balaban J connectivity index is 1.23. The minimum Gasteiger partial charge on any atom is -0.294 e. The van der Waals surface area contributed by atoms with Gasteiger partial charge in [-0.15, -0.1) is 0 Å². The third-order valence-electron chi connectivity index (χ3n) is 9.36. The fourth-order valence-corrected chi connectivity index (χ4v) is 7.19. The summed E-state index contributed by atoms with van der Waals surface area (Å²) >= 11 is 0. The molecule has 5 aromatic carbocycles. The van der Waals surface area contributed by atoms with Crippen molar-refractivity contribution in [1.82, 2.24) is 24.5 Å². The van der Waals surface area contributed by atoms with Gasteiger partial charge in [0.05, 0.1) is 5.52 Å². The maximum absolute atomic E-state index is 13.9. The van der Waals surface area contributed by atoms with Gasteiger partial charge in [-0.2, -0.15) is 0 Å². The van der Waals surface area contributed by atoms with E-state index in [-0.39, 0.29) is 11.2 Å². The molecule has 0 fully saturated rings. The molecule has 0 amide bonds. The number of pyridine rings is 1. The largest absolute Gasteiger partial charge is 0.294 e. The molecule has 0 spiro atoms. The minimum absolute atomic E-state index is 0.303. The molecule has 1 aliphatic rings. The van der Waals surface area contributed by atoms with Crippen LogP contribution in [-0.4, -0.2) is 24.5 Å². The smallest absolute Gasteiger partial charge is 0.164 e. The predicted octanol–water partition coefficient (Wildman–Crippen LogP) is 9.81. The zero-order chi connectivity index (χ0) is 31.7. The van der Waals surface area contributed by atoms with Gasteiger partial charge in [0.2, 0.25) is 0 Å². The van der Waals surface area contributed by atoms with E-state index in [1.807, 2.05) is 42.6 Å². The second-order valence-corrected chi connectivity index (χ2v) is 12.5. The van der Waals surface area contributed by atoms with E-state index in [9.17, 15) is 4.39 Å². The van der Waals surface area contributed by atoms with Crippen LogP contribution in [0.25, 0.3) is 72.9 Å². The van der Waals surface area contributed by atoms with Gasteiger partial charge in [-0.1, -0.05) is 86.6 Å². The summed E-state index contributed by atoms with van der Waals surface area (Å²) in [6.07, 6.45) is 1.86. The van der Waals surface area contributed by atoms with Crippen molar-refractivity contribution in [3.63, 3.8) is 0 Å². The number of nitrogens with zero attached hydrogens (tertiary/aromatic N) is 5. The van der Waals surface area contributed by atoms with E-state index in [0.29, 0.717) is 17.5 Å². The van der Waals surface area contributed by atoms with Crippen molar-refractivity contribution in [2.75, 3.05) is 0 Å². The summed E-state index contributed by atoms with van der Waals surface area (Å²) in [5, 5.41) is 2.32. The van der Waals surface area contributed by atoms with E-state index in [2.05, 4.69) is 85.1 Å². The van der Waals surface area contributed by atoms with Gasteiger partial charge in [0.15, 0.2) is 17.5 Å². The lowest BCUT2D eigenvalue weighted by Crippen LogP contribution is -2.17. The van der Waals surface area contributed by atoms with Crippen LogP contribution >= 0.6 is 0 Å². The molecule has 0 atom stereocenters. The number of aromatic nitrogens is 5. The first kappa shape index (κ1) is 27.3. The Labute approximate surface area is 271 Å². The summed E-state index contributed by atoms with van der Waals surface area (Å²) in [7, 11) is 0. The molecule has 3 aromatic heterocycles. The molecule has 5 nitrogen and oxygen atoms in total. The lowest BCUT2D eigenvalue weighted by molar-refractivity contribution is 0.628. The second kappa shape index (κ2) is 10.3. The fourth-order valence-electron chi connectivity index (χ4n) is 7.19. The summed E-state index contributed by atoms with van der Waals surface area (Å²) in [4.78, 5) is 19.7. The molecule has 0 aliphatic heterocycles. The molecule has 3 heterocycles. The Bertz CT molecular complexity index is 2440. The van der Waals surface area contributed by atoms with Crippen molar-refractivity contribution in [3.8, 4) is 51.0 Å². The van der Waals surface area contributed by atoms with Gasteiger partial charge in [0, 0.05) is 44.8 Å². The molecule has 0 bridgehead atoms. The van der Waals surface area contributed by atoms with E-state index in [0.717, 1.165) is 38.9 Å². The van der Waals surface area contributed by atoms with E-state index < -0.39 is 0 Å². The quantitative estimate of drug-likeness (QED) is 0.199. The van der Waals surface area contributed by atoms with Gasteiger partial charge in [0.25, 0.3) is 0 Å². The number of para-hydroxylation sites is 1. The van der Waals surface area contributed by atoms with Gasteiger partial charge in [-0.3, -0.25) is 4.57 Å². The topological polar surface area (TPSA) is 56.5 Å². The number of halogens is 1. The van der Waals surface area contributed by atoms with E-state index in [4.69, 9.17) is 19.9 Å². The molecule has 6 heteroatoms. The highest BCUT2D eigenvalue weighted by molar-refractivity contribution is 6.07. The highest BCUT2D eigenvalue weighted by Gasteiger charge is 2.38. The van der Waals surface area contributed by atoms with Crippen LogP contribution in [-0.2, 0) is 5.41 Å². The highest BCUT2D eigenvalue weighted by Crippen LogP contribution is 2.52. The minimum atomic E-state index is -0.362. The molecule has 224 valence electrons. The molecule has 0 unspecified atom stereocenters. The summed E-state index contributed by atoms with van der Waals surface area (Å²) < 4.78 is 16.1. The molecule has 0 N–H and O–H groups in total. The van der Waals surface area contributed by atoms with Crippen LogP contribution < -0.4 is 0 Å². The lowest BCUT2D eigenvalue weighted by atomic mass is 9.80. The van der Waals surface area contributed by atoms with Crippen molar-refractivity contribution in [2.24, 2.45) is 0 Å². The maximum Gasteiger partial charge on any atom is 0.164 e. The van der Waals surface area contributed by atoms with Crippen LogP contribution in [0.4, 0.5) is 4.39 Å². The summed E-state index contributed by atoms with van der Waals surface area (Å²) in [5.41, 5.74) is 10.1. The zero-order valence-electron chi connectivity index (χ0n) is 25.8. The normalized spacial score (nSPS) is 13.2. The molecule has 0 radical (unpaired) electrons. The van der Waals surface area contributed by atoms with Crippen molar-refractivity contribution in [2.45, 2.75) is 19.3 Å². The van der Waals surface area contributed by atoms with Gasteiger partial charge in [-0.05, 0) is 76.9 Å². The van der Waals surface area contributed by atoms with Gasteiger partial charge >= 0.3 is 0 Å². The van der Waals surface area contributed by atoms with Gasteiger partial charge < -0.3 is 0 Å². The first-order valence-electron chi connectivity index (χ1n) is 15.7. The van der Waals surface area contributed by atoms with Crippen LogP contribution in [0.3, 0.4) is 0 Å². The third-order valence-corrected chi connectivity index (χ3v) is 9.36. The van der Waals surface area contributed by atoms with Crippen LogP contribution in [0.5, 0.6) is 0 Å². The lowest BCUT2D eigenvalue weighted by Gasteiger charge is -2.24. The molecule has 0 saturated carbocycles. The van der Waals surface area contributed by atoms with Gasteiger partial charge in [-0.25, -0.2) is 24.3 Å². The fraction of sp³-hybridized carbons (Fsp3) is 0.0732. The van der Waals surface area contributed by atoms with Crippen LogP contribution in [0.1, 0.15) is 25.0 Å². The Kier molecular flexibility index (Phi) is 5.96. The van der Waals surface area contributed by atoms with Crippen molar-refractivity contribution < 1.29 is 4.39 Å². The Morgan fingerprint density at radius 3 is 2.06 bits per heavy atom. The maximum atomic E-state index is 13.9. The number of hydrogen-bond acceptors (Lipinski definition) is 4. The monoisotopic (exact) mass is 609 g/mol. The average Bonchev–Trinajstić information content (AvgIpc) is 3.57. The predicted molar refractivity (Wildman–Crippen MR) is 186 cm³/mol. The van der Waals surface area contributed by atoms with Crippen molar-refractivity contribution in [1.29, 1.82) is 0 Å². The standard InChI is InChI=1S/C41H28FN5/c1-41(2)34-24-28(47-35-16-7-6-12-30(35)32-15-9-23-43-40(32)47)21-22-29(34)31-13-8-14-33(36(31)41)39-45-37(25-10-4-3-5-11-25)44-38(46-39)26-17-19-27(42)20-18-26/h3-24H,1-2H3. The van der Waals surface area contributed by atoms with Crippen molar-refractivity contribution in [3.05, 3.63) is 151 Å². The Hall–Kier alpha value is -6.01. The Morgan fingerprint density at radius 1 is 0.574 bits per heavy atom. The molecule has 47 heavy (non-hydrogen) atoms.